The van der Waals surface area contributed by atoms with E-state index in [0.717, 1.165) is 5.57 Å². The van der Waals surface area contributed by atoms with Crippen molar-refractivity contribution in [3.63, 3.8) is 0 Å². The molecule has 5 atom stereocenters. The monoisotopic (exact) mass is 284 g/mol. The van der Waals surface area contributed by atoms with E-state index in [1.807, 2.05) is 34.6 Å². The molecule has 0 aromatic rings. The quantitative estimate of drug-likeness (QED) is 0.673. The average Bonchev–Trinajstić information content (AvgIpc) is 2.37. The molecule has 0 bridgehead atoms. The molecule has 3 nitrogen and oxygen atoms in total. The van der Waals surface area contributed by atoms with Crippen LogP contribution in [-0.4, -0.2) is 36.1 Å². The summed E-state index contributed by atoms with van der Waals surface area (Å²) < 4.78 is 5.47. The van der Waals surface area contributed by atoms with Gasteiger partial charge >= 0.3 is 0 Å². The molecule has 0 aliphatic rings. The molecule has 20 heavy (non-hydrogen) atoms. The SMILES string of the molecule is CO[C@@H]([C@H](C)/C=C(\C)[C@H](O)[C@H](C)C=C(C)C)[C@@H](C)CO. The molecule has 118 valence electrons. The zero-order valence-electron chi connectivity index (χ0n) is 14.1. The largest absolute Gasteiger partial charge is 0.396 e. The summed E-state index contributed by atoms with van der Waals surface area (Å²) in [4.78, 5) is 0. The van der Waals surface area contributed by atoms with Gasteiger partial charge in [-0.15, -0.1) is 0 Å². The highest BCUT2D eigenvalue weighted by Crippen LogP contribution is 2.22. The molecule has 3 heteroatoms. The van der Waals surface area contributed by atoms with Crippen LogP contribution in [0.5, 0.6) is 0 Å². The number of aliphatic hydroxyl groups is 2. The van der Waals surface area contributed by atoms with Crippen LogP contribution in [0.15, 0.2) is 23.3 Å². The summed E-state index contributed by atoms with van der Waals surface area (Å²) in [6.07, 6.45) is 3.62. The van der Waals surface area contributed by atoms with Gasteiger partial charge in [0.2, 0.25) is 0 Å². The lowest BCUT2D eigenvalue weighted by Gasteiger charge is -2.27. The summed E-state index contributed by atoms with van der Waals surface area (Å²) in [7, 11) is 1.67. The van der Waals surface area contributed by atoms with Crippen LogP contribution in [0, 0.1) is 17.8 Å². The molecule has 0 spiro atoms. The molecule has 0 saturated carbocycles. The first-order valence-corrected chi connectivity index (χ1v) is 7.39. The zero-order chi connectivity index (χ0) is 15.9. The summed E-state index contributed by atoms with van der Waals surface area (Å²) in [5.74, 6) is 0.321. The second kappa shape index (κ2) is 9.32. The van der Waals surface area contributed by atoms with Gasteiger partial charge in [0, 0.05) is 31.5 Å². The smallest absolute Gasteiger partial charge is 0.0807 e. The van der Waals surface area contributed by atoms with Crippen LogP contribution >= 0.6 is 0 Å². The third kappa shape index (κ3) is 6.21. The van der Waals surface area contributed by atoms with Crippen LogP contribution < -0.4 is 0 Å². The Morgan fingerprint density at radius 3 is 2.00 bits per heavy atom. The molecule has 0 radical (unpaired) electrons. The van der Waals surface area contributed by atoms with E-state index in [9.17, 15) is 10.2 Å². The predicted octanol–water partition coefficient (Wildman–Crippen LogP) is 3.18. The molecule has 0 fully saturated rings. The highest BCUT2D eigenvalue weighted by molar-refractivity contribution is 5.12. The van der Waals surface area contributed by atoms with Crippen molar-refractivity contribution < 1.29 is 14.9 Å². The summed E-state index contributed by atoms with van der Waals surface area (Å²) in [5.41, 5.74) is 2.16. The predicted molar refractivity (Wildman–Crippen MR) is 84.6 cm³/mol. The van der Waals surface area contributed by atoms with Gasteiger partial charge in [-0.3, -0.25) is 0 Å². The van der Waals surface area contributed by atoms with Gasteiger partial charge in [-0.2, -0.15) is 0 Å². The Kier molecular flexibility index (Phi) is 9.03. The molecule has 0 heterocycles. The minimum Gasteiger partial charge on any atom is -0.396 e. The maximum absolute atomic E-state index is 10.3. The Morgan fingerprint density at radius 2 is 1.60 bits per heavy atom. The topological polar surface area (TPSA) is 49.7 Å². The molecule has 0 aromatic carbocycles. The summed E-state index contributed by atoms with van der Waals surface area (Å²) in [6.45, 7) is 12.2. The summed E-state index contributed by atoms with van der Waals surface area (Å²) >= 11 is 0. The third-order valence-electron chi connectivity index (χ3n) is 3.73. The van der Waals surface area contributed by atoms with Gasteiger partial charge in [0.15, 0.2) is 0 Å². The number of allylic oxidation sites excluding steroid dienone is 1. The molecule has 2 N–H and O–H groups in total. The van der Waals surface area contributed by atoms with E-state index >= 15 is 0 Å². The maximum Gasteiger partial charge on any atom is 0.0807 e. The van der Waals surface area contributed by atoms with Gasteiger partial charge in [0.1, 0.15) is 0 Å². The molecule has 0 unspecified atom stereocenters. The van der Waals surface area contributed by atoms with Crippen molar-refractivity contribution in [3.05, 3.63) is 23.3 Å². The highest BCUT2D eigenvalue weighted by atomic mass is 16.5. The van der Waals surface area contributed by atoms with E-state index in [4.69, 9.17) is 4.74 Å². The van der Waals surface area contributed by atoms with Crippen LogP contribution in [0.4, 0.5) is 0 Å². The van der Waals surface area contributed by atoms with Gasteiger partial charge in [0.05, 0.1) is 12.2 Å². The maximum atomic E-state index is 10.3. The summed E-state index contributed by atoms with van der Waals surface area (Å²) in [6, 6.07) is 0. The Labute approximate surface area is 124 Å². The molecule has 0 aliphatic carbocycles. The molecule has 0 saturated heterocycles. The first kappa shape index (κ1) is 19.4. The fourth-order valence-corrected chi connectivity index (χ4v) is 2.71. The van der Waals surface area contributed by atoms with Crippen molar-refractivity contribution in [1.82, 2.24) is 0 Å². The van der Waals surface area contributed by atoms with Crippen molar-refractivity contribution in [2.24, 2.45) is 17.8 Å². The molecular formula is C17H32O3. The number of hydrogen-bond donors (Lipinski definition) is 2. The first-order chi connectivity index (χ1) is 9.24. The Balaban J connectivity index is 4.89. The van der Waals surface area contributed by atoms with Crippen molar-refractivity contribution in [2.45, 2.75) is 53.8 Å². The van der Waals surface area contributed by atoms with Gasteiger partial charge in [0.25, 0.3) is 0 Å². The van der Waals surface area contributed by atoms with Crippen LogP contribution in [-0.2, 0) is 4.74 Å². The van der Waals surface area contributed by atoms with Crippen molar-refractivity contribution >= 4 is 0 Å². The van der Waals surface area contributed by atoms with Gasteiger partial charge in [-0.1, -0.05) is 38.5 Å². The molecular weight excluding hydrogens is 252 g/mol. The lowest BCUT2D eigenvalue weighted by molar-refractivity contribution is 0.0101. The average molecular weight is 284 g/mol. The molecule has 0 aromatic heterocycles. The molecule has 0 rings (SSSR count). The van der Waals surface area contributed by atoms with E-state index < -0.39 is 6.10 Å². The second-order valence-electron chi connectivity index (χ2n) is 6.18. The number of ether oxygens (including phenoxy) is 1. The van der Waals surface area contributed by atoms with Crippen molar-refractivity contribution in [3.8, 4) is 0 Å². The zero-order valence-corrected chi connectivity index (χ0v) is 14.1. The fourth-order valence-electron chi connectivity index (χ4n) is 2.71. The summed E-state index contributed by atoms with van der Waals surface area (Å²) in [5, 5.41) is 19.6. The minimum atomic E-state index is -0.478. The number of hydrogen-bond acceptors (Lipinski definition) is 3. The molecule has 0 amide bonds. The van der Waals surface area contributed by atoms with Gasteiger partial charge in [-0.05, 0) is 26.3 Å². The Hall–Kier alpha value is -0.640. The Bertz CT molecular complexity index is 329. The van der Waals surface area contributed by atoms with E-state index in [0.29, 0.717) is 0 Å². The Morgan fingerprint density at radius 1 is 1.05 bits per heavy atom. The van der Waals surface area contributed by atoms with Crippen LogP contribution in [0.1, 0.15) is 41.5 Å². The van der Waals surface area contributed by atoms with Crippen LogP contribution in [0.2, 0.25) is 0 Å². The van der Waals surface area contributed by atoms with E-state index in [-0.39, 0.29) is 30.5 Å². The number of aliphatic hydroxyl groups excluding tert-OH is 2. The van der Waals surface area contributed by atoms with Crippen LogP contribution in [0.3, 0.4) is 0 Å². The fraction of sp³-hybridized carbons (Fsp3) is 0.765. The highest BCUT2D eigenvalue weighted by Gasteiger charge is 2.23. The third-order valence-corrected chi connectivity index (χ3v) is 3.73. The second-order valence-corrected chi connectivity index (χ2v) is 6.18. The van der Waals surface area contributed by atoms with Crippen molar-refractivity contribution in [2.75, 3.05) is 13.7 Å². The normalized spacial score (nSPS) is 19.9. The lowest BCUT2D eigenvalue weighted by atomic mass is 9.89. The number of rotatable bonds is 8. The standard InChI is InChI=1S/C17H32O3/c1-11(2)8-12(3)16(19)13(4)9-14(5)17(20-7)15(6)10-18/h8-9,12,14-19H,10H2,1-7H3/b13-9+/t12-,14-,15+,16-,17+/m1/s1. The number of methoxy groups -OCH3 is 1. The van der Waals surface area contributed by atoms with E-state index in [2.05, 4.69) is 19.1 Å². The molecule has 0 aliphatic heterocycles. The van der Waals surface area contributed by atoms with E-state index in [1.165, 1.54) is 5.57 Å². The first-order valence-electron chi connectivity index (χ1n) is 7.39. The van der Waals surface area contributed by atoms with Gasteiger partial charge < -0.3 is 14.9 Å². The lowest BCUT2D eigenvalue weighted by Crippen LogP contribution is -2.30. The van der Waals surface area contributed by atoms with E-state index in [1.54, 1.807) is 7.11 Å². The minimum absolute atomic E-state index is 0.0408. The van der Waals surface area contributed by atoms with Gasteiger partial charge in [-0.25, -0.2) is 0 Å². The van der Waals surface area contributed by atoms with Crippen molar-refractivity contribution in [1.29, 1.82) is 0 Å². The van der Waals surface area contributed by atoms with Crippen LogP contribution in [0.25, 0.3) is 0 Å².